The Morgan fingerprint density at radius 2 is 1.75 bits per heavy atom. The average molecular weight is 377 g/mol. The molecule has 5 heteroatoms. The summed E-state index contributed by atoms with van der Waals surface area (Å²) in [6.07, 6.45) is 1.42. The standard InChI is InChI=1S/C23H20FNO3/c24-17-8-4-14(5-9-17)16-2-1-3-18(12-16)28-19-10-6-15-7-11-21(25)22(23(26)27)20(15)13-19/h1-6,8-10,12-13,21-22H,7,11,25H2,(H,26,27). The number of carboxylic acids is 1. The molecule has 3 aromatic rings. The van der Waals surface area contributed by atoms with E-state index in [1.807, 2.05) is 36.4 Å². The highest BCUT2D eigenvalue weighted by Gasteiger charge is 2.33. The van der Waals surface area contributed by atoms with E-state index in [4.69, 9.17) is 10.5 Å². The number of nitrogens with two attached hydrogens (primary N) is 1. The van der Waals surface area contributed by atoms with E-state index in [-0.39, 0.29) is 5.82 Å². The van der Waals surface area contributed by atoms with Gasteiger partial charge in [-0.25, -0.2) is 4.39 Å². The molecule has 0 bridgehead atoms. The van der Waals surface area contributed by atoms with E-state index in [1.165, 1.54) is 12.1 Å². The van der Waals surface area contributed by atoms with Crippen LogP contribution in [0, 0.1) is 5.82 Å². The zero-order chi connectivity index (χ0) is 19.7. The molecule has 3 aromatic carbocycles. The molecule has 0 radical (unpaired) electrons. The molecule has 4 nitrogen and oxygen atoms in total. The van der Waals surface area contributed by atoms with Crippen LogP contribution in [0.4, 0.5) is 4.39 Å². The fourth-order valence-electron chi connectivity index (χ4n) is 3.71. The third kappa shape index (κ3) is 3.62. The van der Waals surface area contributed by atoms with E-state index in [0.717, 1.165) is 28.7 Å². The van der Waals surface area contributed by atoms with Crippen molar-refractivity contribution in [3.63, 3.8) is 0 Å². The van der Waals surface area contributed by atoms with E-state index in [2.05, 4.69) is 0 Å². The van der Waals surface area contributed by atoms with E-state index in [0.29, 0.717) is 17.9 Å². The van der Waals surface area contributed by atoms with Crippen LogP contribution in [0.2, 0.25) is 0 Å². The van der Waals surface area contributed by atoms with Crippen LogP contribution in [-0.2, 0) is 11.2 Å². The molecule has 142 valence electrons. The van der Waals surface area contributed by atoms with Crippen LogP contribution in [0.5, 0.6) is 11.5 Å². The SMILES string of the molecule is NC1CCc2ccc(Oc3cccc(-c4ccc(F)cc4)c3)cc2C1C(=O)O. The van der Waals surface area contributed by atoms with Crippen LogP contribution < -0.4 is 10.5 Å². The van der Waals surface area contributed by atoms with Crippen LogP contribution in [-0.4, -0.2) is 17.1 Å². The summed E-state index contributed by atoms with van der Waals surface area (Å²) in [7, 11) is 0. The van der Waals surface area contributed by atoms with Crippen molar-refractivity contribution in [1.29, 1.82) is 0 Å². The van der Waals surface area contributed by atoms with Crippen molar-refractivity contribution >= 4 is 5.97 Å². The lowest BCUT2D eigenvalue weighted by Gasteiger charge is -2.28. The van der Waals surface area contributed by atoms with Crippen LogP contribution in [0.3, 0.4) is 0 Å². The van der Waals surface area contributed by atoms with Gasteiger partial charge in [-0.05, 0) is 71.5 Å². The quantitative estimate of drug-likeness (QED) is 0.690. The molecule has 2 atom stereocenters. The minimum absolute atomic E-state index is 0.281. The van der Waals surface area contributed by atoms with Gasteiger partial charge in [0.2, 0.25) is 0 Å². The summed E-state index contributed by atoms with van der Waals surface area (Å²) in [5.74, 6) is -0.734. The highest BCUT2D eigenvalue weighted by molar-refractivity contribution is 5.78. The lowest BCUT2D eigenvalue weighted by atomic mass is 9.79. The normalized spacial score (nSPS) is 18.4. The molecule has 0 heterocycles. The number of carboxylic acid groups (broad SMARTS) is 1. The maximum Gasteiger partial charge on any atom is 0.312 e. The number of carbonyl (C=O) groups is 1. The molecule has 3 N–H and O–H groups in total. The van der Waals surface area contributed by atoms with Gasteiger partial charge in [0.05, 0.1) is 5.92 Å². The first kappa shape index (κ1) is 18.2. The molecule has 0 aromatic heterocycles. The van der Waals surface area contributed by atoms with E-state index in [1.54, 1.807) is 18.2 Å². The Hall–Kier alpha value is -3.18. The van der Waals surface area contributed by atoms with Gasteiger partial charge in [0.1, 0.15) is 17.3 Å². The molecular weight excluding hydrogens is 357 g/mol. The van der Waals surface area contributed by atoms with Crippen molar-refractivity contribution in [2.24, 2.45) is 5.73 Å². The number of aryl methyl sites for hydroxylation is 1. The second-order valence-electron chi connectivity index (χ2n) is 7.02. The Morgan fingerprint density at radius 1 is 1.00 bits per heavy atom. The fraction of sp³-hybridized carbons (Fsp3) is 0.174. The number of benzene rings is 3. The minimum atomic E-state index is -0.913. The lowest BCUT2D eigenvalue weighted by molar-refractivity contribution is -0.139. The summed E-state index contributed by atoms with van der Waals surface area (Å²) < 4.78 is 19.1. The van der Waals surface area contributed by atoms with Crippen LogP contribution in [0.15, 0.2) is 66.7 Å². The van der Waals surface area contributed by atoms with Crippen molar-refractivity contribution in [3.05, 3.63) is 83.7 Å². The number of hydrogen-bond acceptors (Lipinski definition) is 3. The Bertz CT molecular complexity index is 1020. The molecule has 1 aliphatic rings. The van der Waals surface area contributed by atoms with Gasteiger partial charge in [0.15, 0.2) is 0 Å². The van der Waals surface area contributed by atoms with Gasteiger partial charge in [0, 0.05) is 6.04 Å². The number of hydrogen-bond donors (Lipinski definition) is 2. The first-order valence-corrected chi connectivity index (χ1v) is 9.16. The minimum Gasteiger partial charge on any atom is -0.481 e. The van der Waals surface area contributed by atoms with Crippen LogP contribution >= 0.6 is 0 Å². The van der Waals surface area contributed by atoms with Gasteiger partial charge in [-0.3, -0.25) is 4.79 Å². The highest BCUT2D eigenvalue weighted by atomic mass is 19.1. The molecule has 28 heavy (non-hydrogen) atoms. The fourth-order valence-corrected chi connectivity index (χ4v) is 3.71. The molecule has 4 rings (SSSR count). The summed E-state index contributed by atoms with van der Waals surface area (Å²) in [6, 6.07) is 18.9. The molecule has 2 unspecified atom stereocenters. The second-order valence-corrected chi connectivity index (χ2v) is 7.02. The Balaban J connectivity index is 1.62. The monoisotopic (exact) mass is 377 g/mol. The van der Waals surface area contributed by atoms with Gasteiger partial charge >= 0.3 is 5.97 Å². The predicted molar refractivity (Wildman–Crippen MR) is 105 cm³/mol. The zero-order valence-corrected chi connectivity index (χ0v) is 15.1. The molecule has 0 saturated carbocycles. The highest BCUT2D eigenvalue weighted by Crippen LogP contribution is 2.35. The number of rotatable bonds is 4. The Morgan fingerprint density at radius 3 is 2.50 bits per heavy atom. The first-order valence-electron chi connectivity index (χ1n) is 9.16. The van der Waals surface area contributed by atoms with Crippen molar-refractivity contribution in [2.75, 3.05) is 0 Å². The Kier molecular flexibility index (Phi) is 4.84. The number of ether oxygens (including phenoxy) is 1. The lowest BCUT2D eigenvalue weighted by Crippen LogP contribution is -2.37. The first-order chi connectivity index (χ1) is 13.5. The van der Waals surface area contributed by atoms with Gasteiger partial charge in [-0.1, -0.05) is 30.3 Å². The van der Waals surface area contributed by atoms with E-state index >= 15 is 0 Å². The zero-order valence-electron chi connectivity index (χ0n) is 15.1. The van der Waals surface area contributed by atoms with Crippen molar-refractivity contribution in [1.82, 2.24) is 0 Å². The third-order valence-corrected chi connectivity index (χ3v) is 5.14. The number of fused-ring (bicyclic) bond motifs is 1. The molecule has 0 aliphatic heterocycles. The van der Waals surface area contributed by atoms with Crippen LogP contribution in [0.1, 0.15) is 23.5 Å². The van der Waals surface area contributed by atoms with Gasteiger partial charge in [-0.15, -0.1) is 0 Å². The third-order valence-electron chi connectivity index (χ3n) is 5.14. The maximum atomic E-state index is 13.1. The number of aliphatic carboxylic acids is 1. The number of halogens is 1. The largest absolute Gasteiger partial charge is 0.481 e. The van der Waals surface area contributed by atoms with Gasteiger partial charge in [-0.2, -0.15) is 0 Å². The van der Waals surface area contributed by atoms with Crippen molar-refractivity contribution in [3.8, 4) is 22.6 Å². The van der Waals surface area contributed by atoms with Crippen LogP contribution in [0.25, 0.3) is 11.1 Å². The summed E-state index contributed by atoms with van der Waals surface area (Å²) in [5.41, 5.74) is 9.55. The predicted octanol–water partition coefficient (Wildman–Crippen LogP) is 4.73. The maximum absolute atomic E-state index is 13.1. The summed E-state index contributed by atoms with van der Waals surface area (Å²) in [5, 5.41) is 9.57. The topological polar surface area (TPSA) is 72.5 Å². The molecule has 0 fully saturated rings. The molecule has 1 aliphatic carbocycles. The van der Waals surface area contributed by atoms with E-state index < -0.39 is 17.9 Å². The van der Waals surface area contributed by atoms with Gasteiger partial charge < -0.3 is 15.6 Å². The van der Waals surface area contributed by atoms with E-state index in [9.17, 15) is 14.3 Å². The molecule has 0 spiro atoms. The van der Waals surface area contributed by atoms with Crippen molar-refractivity contribution < 1.29 is 19.0 Å². The van der Waals surface area contributed by atoms with Crippen molar-refractivity contribution in [2.45, 2.75) is 24.8 Å². The molecular formula is C23H20FNO3. The summed E-state index contributed by atoms with van der Waals surface area (Å²) >= 11 is 0. The molecule has 0 saturated heterocycles. The summed E-state index contributed by atoms with van der Waals surface area (Å²) in [6.45, 7) is 0. The van der Waals surface area contributed by atoms with Gasteiger partial charge in [0.25, 0.3) is 0 Å². The Labute approximate surface area is 162 Å². The summed E-state index contributed by atoms with van der Waals surface area (Å²) in [4.78, 5) is 11.7. The second kappa shape index (κ2) is 7.44. The smallest absolute Gasteiger partial charge is 0.312 e. The average Bonchev–Trinajstić information content (AvgIpc) is 2.68. The molecule has 0 amide bonds.